The Bertz CT molecular complexity index is 846. The Balaban J connectivity index is 1.74. The van der Waals surface area contributed by atoms with E-state index in [1.807, 2.05) is 0 Å². The average molecular weight is 589 g/mol. The lowest BCUT2D eigenvalue weighted by molar-refractivity contribution is -0.408. The monoisotopic (exact) mass is 588 g/mol. The third kappa shape index (κ3) is 5.65. The van der Waals surface area contributed by atoms with E-state index in [1.54, 1.807) is 0 Å². The Morgan fingerprint density at radius 2 is 1.45 bits per heavy atom. The van der Waals surface area contributed by atoms with Gasteiger partial charge < -0.3 is 84.6 Å². The minimum atomic E-state index is -2.35. The molecule has 15 atom stereocenters. The van der Waals surface area contributed by atoms with E-state index in [4.69, 9.17) is 28.4 Å². The second kappa shape index (κ2) is 12.1. The predicted molar refractivity (Wildman–Crippen MR) is 123 cm³/mol. The van der Waals surface area contributed by atoms with E-state index in [0.29, 0.717) is 0 Å². The predicted octanol–water partition coefficient (Wildman–Crippen LogP) is -6.57. The van der Waals surface area contributed by atoms with E-state index in [1.165, 1.54) is 13.8 Å². The van der Waals surface area contributed by atoms with Gasteiger partial charge in [-0.3, -0.25) is 0 Å². The van der Waals surface area contributed by atoms with Crippen LogP contribution < -0.4 is 0 Å². The number of ether oxygens (including phenoxy) is 6. The SMILES string of the molecule is CC12OC(CO)C(COCC3OC(C(O)O)C(C)(COC4OC(C(O)O)C(O1)C(O)C4O)C(O)C3O)C(O)C2O. The van der Waals surface area contributed by atoms with Crippen LogP contribution in [0.15, 0.2) is 0 Å². The normalized spacial score (nSPS) is 52.7. The maximum atomic E-state index is 11.0. The van der Waals surface area contributed by atoms with E-state index < -0.39 is 123 Å². The average Bonchev–Trinajstić information content (AvgIpc) is 2.90. The molecular weight excluding hydrogens is 548 g/mol. The van der Waals surface area contributed by atoms with Gasteiger partial charge in [0.1, 0.15) is 48.8 Å². The zero-order valence-electron chi connectivity index (χ0n) is 21.9. The van der Waals surface area contributed by atoms with Gasteiger partial charge in [0.25, 0.3) is 0 Å². The van der Waals surface area contributed by atoms with E-state index in [-0.39, 0.29) is 6.61 Å². The fourth-order valence-electron chi connectivity index (χ4n) is 5.83. The molecule has 15 unspecified atom stereocenters. The van der Waals surface area contributed by atoms with Gasteiger partial charge in [0, 0.05) is 5.92 Å². The maximum Gasteiger partial charge on any atom is 0.195 e. The van der Waals surface area contributed by atoms with Crippen LogP contribution in [0.5, 0.6) is 0 Å². The molecule has 234 valence electrons. The van der Waals surface area contributed by atoms with Gasteiger partial charge in [-0.15, -0.1) is 0 Å². The molecule has 6 bridgehead atoms. The lowest BCUT2D eigenvalue weighted by Gasteiger charge is -2.53. The first kappa shape index (κ1) is 32.2. The fraction of sp³-hybridized carbons (Fsp3) is 1.00. The van der Waals surface area contributed by atoms with E-state index in [2.05, 4.69) is 0 Å². The van der Waals surface area contributed by atoms with Crippen molar-refractivity contribution in [2.24, 2.45) is 11.3 Å². The summed E-state index contributed by atoms with van der Waals surface area (Å²) >= 11 is 0. The lowest BCUT2D eigenvalue weighted by Crippen LogP contribution is -2.70. The van der Waals surface area contributed by atoms with E-state index in [0.717, 1.165) is 0 Å². The highest BCUT2D eigenvalue weighted by atomic mass is 16.8. The van der Waals surface area contributed by atoms with Crippen LogP contribution in [-0.4, -0.2) is 174 Å². The highest BCUT2D eigenvalue weighted by molar-refractivity contribution is 5.03. The molecule has 40 heavy (non-hydrogen) atoms. The minimum absolute atomic E-state index is 0.373. The van der Waals surface area contributed by atoms with Crippen molar-refractivity contribution in [2.75, 3.05) is 26.4 Å². The van der Waals surface area contributed by atoms with Crippen molar-refractivity contribution < 1.29 is 84.6 Å². The standard InChI is InChI=1S/C23H40O17/c1-22-6-36-21-13(28)12(27)14(15(38-21)19(31)32)40-23(2)17(30)10(25)7(8(3-24)39-23)4-35-5-9(11(26)16(22)29)37-18(22)20(33)34/h7-21,24-34H,3-6H2,1-2H3. The molecule has 0 amide bonds. The minimum Gasteiger partial charge on any atom is -0.394 e. The van der Waals surface area contributed by atoms with Crippen LogP contribution in [0.2, 0.25) is 0 Å². The van der Waals surface area contributed by atoms with Gasteiger partial charge in [-0.2, -0.15) is 0 Å². The Kier molecular flexibility index (Phi) is 9.78. The van der Waals surface area contributed by atoms with Crippen molar-refractivity contribution in [2.45, 2.75) is 106 Å². The summed E-state index contributed by atoms with van der Waals surface area (Å²) in [7, 11) is 0. The van der Waals surface area contributed by atoms with Crippen LogP contribution in [0.3, 0.4) is 0 Å². The molecule has 17 heteroatoms. The molecule has 11 N–H and O–H groups in total. The second-order valence-corrected chi connectivity index (χ2v) is 11.2. The molecule has 0 aromatic rings. The van der Waals surface area contributed by atoms with Crippen LogP contribution in [0.4, 0.5) is 0 Å². The largest absolute Gasteiger partial charge is 0.394 e. The molecule has 17 nitrogen and oxygen atoms in total. The summed E-state index contributed by atoms with van der Waals surface area (Å²) in [5.41, 5.74) is -1.74. The quantitative estimate of drug-likeness (QED) is 0.137. The zero-order valence-corrected chi connectivity index (χ0v) is 21.9. The Morgan fingerprint density at radius 1 is 0.775 bits per heavy atom. The topological polar surface area (TPSA) is 278 Å². The van der Waals surface area contributed by atoms with Gasteiger partial charge >= 0.3 is 0 Å². The maximum absolute atomic E-state index is 11.0. The van der Waals surface area contributed by atoms with Crippen molar-refractivity contribution >= 4 is 0 Å². The number of fused-ring (bicyclic) bond motifs is 1. The highest BCUT2D eigenvalue weighted by Crippen LogP contribution is 2.42. The van der Waals surface area contributed by atoms with Crippen LogP contribution in [0.1, 0.15) is 13.8 Å². The van der Waals surface area contributed by atoms with Crippen molar-refractivity contribution in [1.29, 1.82) is 0 Å². The first-order chi connectivity index (χ1) is 18.7. The Labute approximate surface area is 228 Å². The third-order valence-corrected chi connectivity index (χ3v) is 8.36. The summed E-state index contributed by atoms with van der Waals surface area (Å²) in [5.74, 6) is -3.24. The Hall–Kier alpha value is -0.680. The number of aliphatic hydroxyl groups excluding tert-OH is 9. The third-order valence-electron chi connectivity index (χ3n) is 8.36. The van der Waals surface area contributed by atoms with Crippen molar-refractivity contribution in [3.8, 4) is 0 Å². The molecule has 8 aliphatic heterocycles. The van der Waals surface area contributed by atoms with Gasteiger partial charge in [-0.05, 0) is 6.92 Å². The summed E-state index contributed by atoms with van der Waals surface area (Å²) in [6, 6.07) is 0. The summed E-state index contributed by atoms with van der Waals surface area (Å²) in [4.78, 5) is 0. The van der Waals surface area contributed by atoms with Crippen LogP contribution in [0.25, 0.3) is 0 Å². The molecule has 8 fully saturated rings. The molecule has 0 aromatic heterocycles. The van der Waals surface area contributed by atoms with Crippen molar-refractivity contribution in [1.82, 2.24) is 0 Å². The smallest absolute Gasteiger partial charge is 0.195 e. The molecule has 8 heterocycles. The van der Waals surface area contributed by atoms with E-state index in [9.17, 15) is 56.2 Å². The van der Waals surface area contributed by atoms with Gasteiger partial charge in [-0.25, -0.2) is 0 Å². The van der Waals surface area contributed by atoms with Crippen LogP contribution in [-0.2, 0) is 28.4 Å². The molecule has 8 saturated heterocycles. The van der Waals surface area contributed by atoms with Crippen molar-refractivity contribution in [3.63, 3.8) is 0 Å². The number of hydrogen-bond donors (Lipinski definition) is 11. The molecule has 0 aromatic carbocycles. The summed E-state index contributed by atoms with van der Waals surface area (Å²) < 4.78 is 33.7. The molecule has 0 radical (unpaired) electrons. The molecule has 8 aliphatic rings. The summed E-state index contributed by atoms with van der Waals surface area (Å²) in [5, 5.41) is 115. The second-order valence-electron chi connectivity index (χ2n) is 11.2. The summed E-state index contributed by atoms with van der Waals surface area (Å²) in [6.45, 7) is 0.329. The molecule has 0 aliphatic carbocycles. The first-order valence-electron chi connectivity index (χ1n) is 12.9. The summed E-state index contributed by atoms with van der Waals surface area (Å²) in [6.07, 6.45) is -24.9. The molecule has 0 saturated carbocycles. The van der Waals surface area contributed by atoms with Gasteiger partial charge in [0.2, 0.25) is 0 Å². The lowest BCUT2D eigenvalue weighted by atomic mass is 9.73. The fourth-order valence-corrected chi connectivity index (χ4v) is 5.83. The zero-order chi connectivity index (χ0) is 29.7. The molecular formula is C23H40O17. The van der Waals surface area contributed by atoms with Gasteiger partial charge in [0.05, 0.1) is 50.2 Å². The number of aliphatic hydroxyl groups is 11. The van der Waals surface area contributed by atoms with E-state index >= 15 is 0 Å². The number of hydrogen-bond acceptors (Lipinski definition) is 17. The van der Waals surface area contributed by atoms with Crippen LogP contribution >= 0.6 is 0 Å². The molecule has 0 spiro atoms. The van der Waals surface area contributed by atoms with Gasteiger partial charge in [-0.1, -0.05) is 6.92 Å². The van der Waals surface area contributed by atoms with Gasteiger partial charge in [0.15, 0.2) is 24.7 Å². The number of rotatable bonds is 3. The Morgan fingerprint density at radius 3 is 2.05 bits per heavy atom. The van der Waals surface area contributed by atoms with Crippen LogP contribution in [0, 0.1) is 11.3 Å². The molecule has 8 rings (SSSR count). The first-order valence-corrected chi connectivity index (χ1v) is 12.9. The van der Waals surface area contributed by atoms with Crippen molar-refractivity contribution in [3.05, 3.63) is 0 Å². The highest BCUT2D eigenvalue weighted by Gasteiger charge is 2.59.